The van der Waals surface area contributed by atoms with Crippen LogP contribution in [0, 0.1) is 11.3 Å². The second-order valence-electron chi connectivity index (χ2n) is 1.90. The monoisotopic (exact) mass is 212 g/mol. The van der Waals surface area contributed by atoms with Crippen LogP contribution in [-0.4, -0.2) is 0 Å². The minimum absolute atomic E-state index is 0. The molecule has 11 heavy (non-hydrogen) atoms. The van der Waals surface area contributed by atoms with Gasteiger partial charge in [-0.05, 0) is 5.56 Å². The predicted molar refractivity (Wildman–Crippen MR) is 48.7 cm³/mol. The van der Waals surface area contributed by atoms with E-state index in [0.29, 0.717) is 0 Å². The van der Waals surface area contributed by atoms with Crippen LogP contribution in [0.15, 0.2) is 30.3 Å². The van der Waals surface area contributed by atoms with Crippen LogP contribution in [0.25, 0.3) is 0 Å². The summed E-state index contributed by atoms with van der Waals surface area (Å²) >= 11 is 3.22. The van der Waals surface area contributed by atoms with E-state index in [2.05, 4.69) is 22.0 Å². The zero-order valence-corrected chi connectivity index (χ0v) is 7.58. The van der Waals surface area contributed by atoms with Gasteiger partial charge in [0.25, 0.3) is 0 Å². The van der Waals surface area contributed by atoms with E-state index in [4.69, 9.17) is 5.26 Å². The first-order chi connectivity index (χ1) is 4.84. The smallest absolute Gasteiger partial charge is 0.126 e. The lowest BCUT2D eigenvalue weighted by molar-refractivity contribution is 1.25. The fourth-order valence-corrected chi connectivity index (χ4v) is 1.00. The van der Waals surface area contributed by atoms with E-state index in [0.717, 1.165) is 5.56 Å². The van der Waals surface area contributed by atoms with E-state index in [1.54, 1.807) is 0 Å². The first kappa shape index (κ1) is 10.2. The zero-order chi connectivity index (χ0) is 7.40. The lowest BCUT2D eigenvalue weighted by Gasteiger charge is -1.97. The second kappa shape index (κ2) is 4.89. The van der Waals surface area contributed by atoms with Crippen molar-refractivity contribution in [2.45, 2.75) is 4.83 Å². The maximum Gasteiger partial charge on any atom is 0.126 e. The highest BCUT2D eigenvalue weighted by Gasteiger charge is 2.01. The summed E-state index contributed by atoms with van der Waals surface area (Å²) in [4.78, 5) is -0.173. The van der Waals surface area contributed by atoms with Crippen LogP contribution in [0.4, 0.5) is 0 Å². The molecule has 1 unspecified atom stereocenters. The Morgan fingerprint density at radius 3 is 2.27 bits per heavy atom. The summed E-state index contributed by atoms with van der Waals surface area (Å²) in [6, 6.07) is 11.7. The predicted octanol–water partition coefficient (Wildman–Crippen LogP) is 2.81. The quantitative estimate of drug-likeness (QED) is 0.729. The number of nitrogens with zero attached hydrogens (tertiary/aromatic N) is 1. The van der Waals surface area contributed by atoms with Gasteiger partial charge in [-0.3, -0.25) is 0 Å². The van der Waals surface area contributed by atoms with Crippen LogP contribution < -0.4 is 6.15 Å². The molecule has 2 nitrogen and oxygen atoms in total. The fraction of sp³-hybridized carbons (Fsp3) is 0.125. The fourth-order valence-electron chi connectivity index (χ4n) is 0.697. The molecule has 3 heteroatoms. The van der Waals surface area contributed by atoms with Gasteiger partial charge in [-0.2, -0.15) is 5.26 Å². The Hall–Kier alpha value is -0.850. The van der Waals surface area contributed by atoms with Gasteiger partial charge in [0.2, 0.25) is 0 Å². The molecule has 1 aromatic carbocycles. The summed E-state index contributed by atoms with van der Waals surface area (Å²) < 4.78 is 0. The highest BCUT2D eigenvalue weighted by Crippen LogP contribution is 2.20. The van der Waals surface area contributed by atoms with Crippen LogP contribution in [0.3, 0.4) is 0 Å². The molecule has 0 heterocycles. The zero-order valence-electron chi connectivity index (χ0n) is 6.00. The maximum atomic E-state index is 8.49. The molecular formula is C8H9BrN2. The van der Waals surface area contributed by atoms with Crippen LogP contribution in [0.5, 0.6) is 0 Å². The Bertz CT molecular complexity index is 240. The second-order valence-corrected chi connectivity index (χ2v) is 2.82. The third-order valence-electron chi connectivity index (χ3n) is 1.21. The highest BCUT2D eigenvalue weighted by atomic mass is 79.9. The molecular weight excluding hydrogens is 204 g/mol. The van der Waals surface area contributed by atoms with Gasteiger partial charge in [0, 0.05) is 0 Å². The van der Waals surface area contributed by atoms with Crippen molar-refractivity contribution in [2.75, 3.05) is 0 Å². The molecule has 0 aliphatic heterocycles. The normalized spacial score (nSPS) is 10.9. The number of benzene rings is 1. The van der Waals surface area contributed by atoms with E-state index in [-0.39, 0.29) is 11.0 Å². The Morgan fingerprint density at radius 1 is 1.27 bits per heavy atom. The van der Waals surface area contributed by atoms with Gasteiger partial charge in [0.05, 0.1) is 6.07 Å². The molecule has 0 spiro atoms. The maximum absolute atomic E-state index is 8.49. The average Bonchev–Trinajstić information content (AvgIpc) is 2.05. The minimum Gasteiger partial charge on any atom is -0.344 e. The first-order valence-corrected chi connectivity index (χ1v) is 3.85. The van der Waals surface area contributed by atoms with Crippen LogP contribution in [0.1, 0.15) is 10.4 Å². The van der Waals surface area contributed by atoms with Crippen molar-refractivity contribution in [1.82, 2.24) is 6.15 Å². The molecule has 0 aliphatic carbocycles. The Kier molecular flexibility index (Phi) is 4.51. The SMILES string of the molecule is N.N#CC(Br)c1ccccc1. The van der Waals surface area contributed by atoms with E-state index in [1.165, 1.54) is 0 Å². The average molecular weight is 213 g/mol. The van der Waals surface area contributed by atoms with Gasteiger partial charge in [0.1, 0.15) is 4.83 Å². The topological polar surface area (TPSA) is 58.8 Å². The van der Waals surface area contributed by atoms with E-state index in [9.17, 15) is 0 Å². The van der Waals surface area contributed by atoms with Gasteiger partial charge in [-0.25, -0.2) is 0 Å². The Morgan fingerprint density at radius 2 is 1.82 bits per heavy atom. The van der Waals surface area contributed by atoms with Crippen LogP contribution in [-0.2, 0) is 0 Å². The molecule has 0 radical (unpaired) electrons. The molecule has 58 valence electrons. The summed E-state index contributed by atoms with van der Waals surface area (Å²) in [7, 11) is 0. The lowest BCUT2D eigenvalue weighted by Crippen LogP contribution is -1.82. The first-order valence-electron chi connectivity index (χ1n) is 2.93. The van der Waals surface area contributed by atoms with Gasteiger partial charge in [-0.15, -0.1) is 0 Å². The van der Waals surface area contributed by atoms with E-state index >= 15 is 0 Å². The van der Waals surface area contributed by atoms with Gasteiger partial charge < -0.3 is 6.15 Å². The molecule has 3 N–H and O–H groups in total. The van der Waals surface area contributed by atoms with Crippen LogP contribution >= 0.6 is 15.9 Å². The summed E-state index contributed by atoms with van der Waals surface area (Å²) in [5.41, 5.74) is 1.00. The third kappa shape index (κ3) is 2.71. The Balaban J connectivity index is 0.000001000. The molecule has 1 atom stereocenters. The van der Waals surface area contributed by atoms with Gasteiger partial charge in [0.15, 0.2) is 0 Å². The van der Waals surface area contributed by atoms with Crippen molar-refractivity contribution in [3.8, 4) is 6.07 Å². The molecule has 0 amide bonds. The standard InChI is InChI=1S/C8H6BrN.H3N/c9-8(6-10)7-4-2-1-3-5-7;/h1-5,8H;1H3. The number of hydrogen-bond acceptors (Lipinski definition) is 2. The Labute approximate surface area is 74.6 Å². The minimum atomic E-state index is -0.173. The summed E-state index contributed by atoms with van der Waals surface area (Å²) in [5.74, 6) is 0. The number of rotatable bonds is 1. The molecule has 0 saturated heterocycles. The molecule has 0 fully saturated rings. The molecule has 0 aliphatic rings. The third-order valence-corrected chi connectivity index (χ3v) is 1.94. The van der Waals surface area contributed by atoms with E-state index < -0.39 is 0 Å². The molecule has 0 saturated carbocycles. The van der Waals surface area contributed by atoms with Gasteiger partial charge in [-0.1, -0.05) is 46.3 Å². The number of nitriles is 1. The van der Waals surface area contributed by atoms with Crippen LogP contribution in [0.2, 0.25) is 0 Å². The molecule has 1 aromatic rings. The number of halogens is 1. The summed E-state index contributed by atoms with van der Waals surface area (Å²) in [5, 5.41) is 8.49. The van der Waals surface area contributed by atoms with Crippen molar-refractivity contribution in [2.24, 2.45) is 0 Å². The highest BCUT2D eigenvalue weighted by molar-refractivity contribution is 9.09. The van der Waals surface area contributed by atoms with Crippen molar-refractivity contribution >= 4 is 15.9 Å². The lowest BCUT2D eigenvalue weighted by atomic mass is 10.2. The number of hydrogen-bond donors (Lipinski definition) is 1. The largest absolute Gasteiger partial charge is 0.344 e. The molecule has 1 rings (SSSR count). The number of alkyl halides is 1. The van der Waals surface area contributed by atoms with Crippen molar-refractivity contribution in [3.05, 3.63) is 35.9 Å². The van der Waals surface area contributed by atoms with Crippen molar-refractivity contribution in [1.29, 1.82) is 5.26 Å². The summed E-state index contributed by atoms with van der Waals surface area (Å²) in [6.07, 6.45) is 0. The van der Waals surface area contributed by atoms with Gasteiger partial charge >= 0.3 is 0 Å². The van der Waals surface area contributed by atoms with Crippen molar-refractivity contribution in [3.63, 3.8) is 0 Å². The summed E-state index contributed by atoms with van der Waals surface area (Å²) in [6.45, 7) is 0. The molecule has 0 aromatic heterocycles. The van der Waals surface area contributed by atoms with E-state index in [1.807, 2.05) is 30.3 Å². The van der Waals surface area contributed by atoms with Crippen molar-refractivity contribution < 1.29 is 0 Å². The molecule has 0 bridgehead atoms.